The predicted octanol–water partition coefficient (Wildman–Crippen LogP) is -0.164. The highest BCUT2D eigenvalue weighted by atomic mass is 32.2. The van der Waals surface area contributed by atoms with Crippen molar-refractivity contribution >= 4 is 21.9 Å². The number of sulfonamides is 1. The first-order valence-corrected chi connectivity index (χ1v) is 10.3. The molecule has 24 heavy (non-hydrogen) atoms. The Kier molecular flexibility index (Phi) is 9.05. The Morgan fingerprint density at radius 3 is 2.46 bits per heavy atom. The molecule has 0 spiro atoms. The number of hydrogen-bond acceptors (Lipinski definition) is 4. The van der Waals surface area contributed by atoms with E-state index in [0.29, 0.717) is 32.0 Å². The first-order chi connectivity index (χ1) is 11.4. The average Bonchev–Trinajstić information content (AvgIpc) is 3.10. The topological polar surface area (TPSA) is 94.1 Å². The van der Waals surface area contributed by atoms with Crippen LogP contribution in [0, 0.1) is 0 Å². The Balaban J connectivity index is 2.37. The molecule has 1 rings (SSSR count). The van der Waals surface area contributed by atoms with Gasteiger partial charge in [-0.05, 0) is 33.1 Å². The van der Waals surface area contributed by atoms with Crippen LogP contribution in [-0.2, 0) is 14.8 Å². The Morgan fingerprint density at radius 1 is 1.21 bits per heavy atom. The van der Waals surface area contributed by atoms with Crippen LogP contribution in [0.25, 0.3) is 0 Å². The molecule has 0 aromatic carbocycles. The lowest BCUT2D eigenvalue weighted by atomic mass is 10.4. The second-order valence-corrected chi connectivity index (χ2v) is 8.15. The number of nitrogens with zero attached hydrogens (tertiary/aromatic N) is 3. The van der Waals surface area contributed by atoms with E-state index in [-0.39, 0.29) is 18.2 Å². The fourth-order valence-electron chi connectivity index (χ4n) is 2.42. The minimum absolute atomic E-state index is 0.0541. The van der Waals surface area contributed by atoms with Gasteiger partial charge in [-0.3, -0.25) is 4.79 Å². The smallest absolute Gasteiger partial charge is 0.244 e. The zero-order chi connectivity index (χ0) is 18.0. The summed E-state index contributed by atoms with van der Waals surface area (Å²) in [6.07, 6.45) is 2.81. The largest absolute Gasteiger partial charge is 0.357 e. The Morgan fingerprint density at radius 2 is 1.88 bits per heavy atom. The van der Waals surface area contributed by atoms with Crippen molar-refractivity contribution in [3.8, 4) is 0 Å². The number of aliphatic imine (C=N–C) groups is 1. The van der Waals surface area contributed by atoms with Crippen LogP contribution in [0.15, 0.2) is 4.99 Å². The molecule has 1 aliphatic rings. The summed E-state index contributed by atoms with van der Waals surface area (Å²) in [5.74, 6) is 0.754. The zero-order valence-electron chi connectivity index (χ0n) is 15.0. The number of hydrogen-bond donors (Lipinski definition) is 2. The maximum atomic E-state index is 12.0. The van der Waals surface area contributed by atoms with E-state index in [9.17, 15) is 13.2 Å². The van der Waals surface area contributed by atoms with Crippen LogP contribution >= 0.6 is 0 Å². The lowest BCUT2D eigenvalue weighted by Gasteiger charge is -2.17. The second-order valence-electron chi connectivity index (χ2n) is 5.79. The lowest BCUT2D eigenvalue weighted by Crippen LogP contribution is -2.40. The van der Waals surface area contributed by atoms with Crippen molar-refractivity contribution in [3.63, 3.8) is 0 Å². The monoisotopic (exact) mass is 361 g/mol. The van der Waals surface area contributed by atoms with Crippen LogP contribution < -0.4 is 10.6 Å². The van der Waals surface area contributed by atoms with Gasteiger partial charge in [-0.1, -0.05) is 0 Å². The summed E-state index contributed by atoms with van der Waals surface area (Å²) in [7, 11) is -1.54. The van der Waals surface area contributed by atoms with Gasteiger partial charge in [0, 0.05) is 39.8 Å². The number of likely N-dealkylation sites (tertiary alicyclic amines) is 1. The first-order valence-electron chi connectivity index (χ1n) is 8.64. The third-order valence-corrected chi connectivity index (χ3v) is 5.82. The molecule has 8 nitrogen and oxygen atoms in total. The van der Waals surface area contributed by atoms with Gasteiger partial charge >= 0.3 is 0 Å². The molecule has 1 aliphatic heterocycles. The van der Waals surface area contributed by atoms with E-state index in [2.05, 4.69) is 15.6 Å². The van der Waals surface area contributed by atoms with Gasteiger partial charge in [-0.2, -0.15) is 0 Å². The van der Waals surface area contributed by atoms with Crippen LogP contribution in [0.1, 0.15) is 33.1 Å². The van der Waals surface area contributed by atoms with Crippen LogP contribution in [0.4, 0.5) is 0 Å². The number of amides is 1. The SMILES string of the molecule is CCNC(=NCC(=O)N1CCCC1)NCCCN(C)S(=O)(=O)CC. The van der Waals surface area contributed by atoms with Crippen molar-refractivity contribution in [2.75, 3.05) is 52.1 Å². The van der Waals surface area contributed by atoms with Gasteiger partial charge < -0.3 is 15.5 Å². The van der Waals surface area contributed by atoms with Crippen molar-refractivity contribution < 1.29 is 13.2 Å². The number of nitrogens with one attached hydrogen (secondary N) is 2. The van der Waals surface area contributed by atoms with Gasteiger partial charge in [-0.25, -0.2) is 17.7 Å². The molecule has 1 heterocycles. The van der Waals surface area contributed by atoms with Gasteiger partial charge in [0.15, 0.2) is 5.96 Å². The van der Waals surface area contributed by atoms with E-state index in [4.69, 9.17) is 0 Å². The summed E-state index contributed by atoms with van der Waals surface area (Å²) in [5.41, 5.74) is 0. The van der Waals surface area contributed by atoms with Crippen LogP contribution in [0.2, 0.25) is 0 Å². The molecule has 0 radical (unpaired) electrons. The number of guanidine groups is 1. The van der Waals surface area contributed by atoms with E-state index < -0.39 is 10.0 Å². The molecular formula is C15H31N5O3S. The fraction of sp³-hybridized carbons (Fsp3) is 0.867. The molecule has 0 saturated carbocycles. The van der Waals surface area contributed by atoms with Gasteiger partial charge in [-0.15, -0.1) is 0 Å². The van der Waals surface area contributed by atoms with Crippen molar-refractivity contribution in [2.24, 2.45) is 4.99 Å². The number of carbonyl (C=O) groups excluding carboxylic acids is 1. The maximum absolute atomic E-state index is 12.0. The Bertz CT molecular complexity index is 515. The Hall–Kier alpha value is -1.35. The van der Waals surface area contributed by atoms with Crippen molar-refractivity contribution in [3.05, 3.63) is 0 Å². The van der Waals surface area contributed by atoms with E-state index in [0.717, 1.165) is 25.9 Å². The van der Waals surface area contributed by atoms with Crippen LogP contribution in [0.3, 0.4) is 0 Å². The highest BCUT2D eigenvalue weighted by molar-refractivity contribution is 7.89. The molecule has 0 bridgehead atoms. The minimum atomic E-state index is -3.13. The number of carbonyl (C=O) groups is 1. The van der Waals surface area contributed by atoms with Crippen molar-refractivity contribution in [1.82, 2.24) is 19.8 Å². The first kappa shape index (κ1) is 20.7. The quantitative estimate of drug-likeness (QED) is 0.338. The summed E-state index contributed by atoms with van der Waals surface area (Å²) in [4.78, 5) is 18.2. The van der Waals surface area contributed by atoms with E-state index in [1.54, 1.807) is 14.0 Å². The molecule has 1 fully saturated rings. The van der Waals surface area contributed by atoms with Gasteiger partial charge in [0.2, 0.25) is 15.9 Å². The van der Waals surface area contributed by atoms with E-state index in [1.807, 2.05) is 11.8 Å². The van der Waals surface area contributed by atoms with Crippen LogP contribution in [0.5, 0.6) is 0 Å². The summed E-state index contributed by atoms with van der Waals surface area (Å²) in [6.45, 7) is 7.14. The van der Waals surface area contributed by atoms with Crippen LogP contribution in [-0.4, -0.2) is 81.6 Å². The third kappa shape index (κ3) is 7.04. The van der Waals surface area contributed by atoms with Gasteiger partial charge in [0.1, 0.15) is 6.54 Å². The summed E-state index contributed by atoms with van der Waals surface area (Å²) < 4.78 is 24.7. The highest BCUT2D eigenvalue weighted by Gasteiger charge is 2.17. The van der Waals surface area contributed by atoms with E-state index in [1.165, 1.54) is 4.31 Å². The summed E-state index contributed by atoms with van der Waals surface area (Å²) in [5, 5.41) is 6.23. The molecular weight excluding hydrogens is 330 g/mol. The molecule has 0 atom stereocenters. The van der Waals surface area contributed by atoms with Gasteiger partial charge in [0.05, 0.1) is 5.75 Å². The molecule has 2 N–H and O–H groups in total. The summed E-state index contributed by atoms with van der Waals surface area (Å²) >= 11 is 0. The Labute approximate surface area is 145 Å². The van der Waals surface area contributed by atoms with Crippen molar-refractivity contribution in [1.29, 1.82) is 0 Å². The maximum Gasteiger partial charge on any atom is 0.244 e. The molecule has 140 valence electrons. The average molecular weight is 362 g/mol. The lowest BCUT2D eigenvalue weighted by molar-refractivity contribution is -0.128. The standard InChI is InChI=1S/C15H31N5O3S/c1-4-16-15(18-13-14(21)20-11-6-7-12-20)17-9-8-10-19(3)24(22,23)5-2/h4-13H2,1-3H3,(H2,16,17,18). The molecule has 9 heteroatoms. The molecule has 1 saturated heterocycles. The second kappa shape index (κ2) is 10.5. The molecule has 0 aromatic rings. The molecule has 0 aliphatic carbocycles. The van der Waals surface area contributed by atoms with E-state index >= 15 is 0 Å². The minimum Gasteiger partial charge on any atom is -0.357 e. The molecule has 1 amide bonds. The number of rotatable bonds is 9. The molecule has 0 aromatic heterocycles. The third-order valence-electron chi connectivity index (χ3n) is 3.96. The van der Waals surface area contributed by atoms with Crippen molar-refractivity contribution in [2.45, 2.75) is 33.1 Å². The normalized spacial score (nSPS) is 15.8. The fourth-order valence-corrected chi connectivity index (χ4v) is 3.27. The van der Waals surface area contributed by atoms with Gasteiger partial charge in [0.25, 0.3) is 0 Å². The summed E-state index contributed by atoms with van der Waals surface area (Å²) in [6, 6.07) is 0. The zero-order valence-corrected chi connectivity index (χ0v) is 15.9. The molecule has 0 unspecified atom stereocenters. The highest BCUT2D eigenvalue weighted by Crippen LogP contribution is 2.07. The predicted molar refractivity (Wildman–Crippen MR) is 96.5 cm³/mol.